The number of rotatable bonds is 5. The van der Waals surface area contributed by atoms with Crippen LogP contribution >= 0.6 is 0 Å². The number of aromatic nitrogens is 2. The van der Waals surface area contributed by atoms with Crippen molar-refractivity contribution in [1.82, 2.24) is 15.3 Å². The van der Waals surface area contributed by atoms with E-state index in [1.165, 1.54) is 0 Å². The molecule has 0 unspecified atom stereocenters. The Morgan fingerprint density at radius 3 is 3.00 bits per heavy atom. The van der Waals surface area contributed by atoms with E-state index in [4.69, 9.17) is 14.5 Å². The highest BCUT2D eigenvalue weighted by Gasteiger charge is 2.24. The van der Waals surface area contributed by atoms with Crippen molar-refractivity contribution in [3.05, 3.63) is 46.8 Å². The topological polar surface area (TPSA) is 76.6 Å². The number of aryl methyl sites for hydroxylation is 2. The number of hydrogen-bond acceptors (Lipinski definition) is 6. The summed E-state index contributed by atoms with van der Waals surface area (Å²) < 4.78 is 11.2. The van der Waals surface area contributed by atoms with Gasteiger partial charge in [0.2, 0.25) is 5.95 Å². The summed E-state index contributed by atoms with van der Waals surface area (Å²) in [4.78, 5) is 23.9. The van der Waals surface area contributed by atoms with Crippen molar-refractivity contribution in [2.45, 2.75) is 45.8 Å². The molecular formula is C22H28N4O3. The molecule has 1 saturated heterocycles. The highest BCUT2D eigenvalue weighted by molar-refractivity contribution is 5.78. The number of ether oxygens (including phenoxy) is 2. The molecule has 0 aliphatic carbocycles. The van der Waals surface area contributed by atoms with Crippen molar-refractivity contribution in [1.29, 1.82) is 0 Å². The van der Waals surface area contributed by atoms with Crippen LogP contribution in [-0.4, -0.2) is 48.2 Å². The molecule has 1 aromatic carbocycles. The first-order chi connectivity index (χ1) is 14.1. The van der Waals surface area contributed by atoms with Crippen LogP contribution in [0.1, 0.15) is 35.2 Å². The van der Waals surface area contributed by atoms with Crippen LogP contribution in [0.15, 0.2) is 24.4 Å². The second-order valence-corrected chi connectivity index (χ2v) is 7.81. The summed E-state index contributed by atoms with van der Waals surface area (Å²) >= 11 is 0. The third-order valence-electron chi connectivity index (χ3n) is 5.51. The standard InChI is InChI=1S/C22H28N4O3/c1-15-5-3-6-16(2)21(15)29-14-20(27)24-18-7-4-9-26(12-18)22-23-11-17-13-28-10-8-19(17)25-22/h3,5-6,11,18H,4,7-10,12-14H2,1-2H3,(H,24,27)/t18-/m1/s1. The molecule has 1 N–H and O–H groups in total. The molecule has 1 fully saturated rings. The maximum Gasteiger partial charge on any atom is 0.258 e. The summed E-state index contributed by atoms with van der Waals surface area (Å²) in [5.74, 6) is 1.44. The molecule has 154 valence electrons. The van der Waals surface area contributed by atoms with Crippen LogP contribution < -0.4 is 15.0 Å². The Morgan fingerprint density at radius 1 is 1.34 bits per heavy atom. The minimum Gasteiger partial charge on any atom is -0.483 e. The van der Waals surface area contributed by atoms with Gasteiger partial charge in [-0.3, -0.25) is 4.79 Å². The smallest absolute Gasteiger partial charge is 0.258 e. The monoisotopic (exact) mass is 396 g/mol. The van der Waals surface area contributed by atoms with Crippen molar-refractivity contribution < 1.29 is 14.3 Å². The van der Waals surface area contributed by atoms with E-state index in [1.807, 2.05) is 38.2 Å². The largest absolute Gasteiger partial charge is 0.483 e. The van der Waals surface area contributed by atoms with Crippen LogP contribution in [0.5, 0.6) is 5.75 Å². The van der Waals surface area contributed by atoms with Crippen molar-refractivity contribution >= 4 is 11.9 Å². The van der Waals surface area contributed by atoms with Gasteiger partial charge in [-0.15, -0.1) is 0 Å². The van der Waals surface area contributed by atoms with Crippen molar-refractivity contribution in [2.24, 2.45) is 0 Å². The SMILES string of the molecule is Cc1cccc(C)c1OCC(=O)N[C@@H]1CCCN(c2ncc3c(n2)CCOC3)C1. The van der Waals surface area contributed by atoms with E-state index < -0.39 is 0 Å². The molecule has 1 amide bonds. The van der Waals surface area contributed by atoms with Gasteiger partial charge in [-0.05, 0) is 37.8 Å². The number of nitrogens with zero attached hydrogens (tertiary/aromatic N) is 3. The molecule has 2 aliphatic rings. The van der Waals surface area contributed by atoms with E-state index in [9.17, 15) is 4.79 Å². The van der Waals surface area contributed by atoms with Gasteiger partial charge in [0, 0.05) is 37.3 Å². The number of piperidine rings is 1. The number of nitrogens with one attached hydrogen (secondary N) is 1. The molecule has 1 aromatic heterocycles. The Bertz CT molecular complexity index is 866. The molecule has 0 saturated carbocycles. The van der Waals surface area contributed by atoms with E-state index in [0.29, 0.717) is 19.8 Å². The van der Waals surface area contributed by atoms with E-state index >= 15 is 0 Å². The molecular weight excluding hydrogens is 368 g/mol. The summed E-state index contributed by atoms with van der Waals surface area (Å²) in [5.41, 5.74) is 4.23. The fourth-order valence-corrected chi connectivity index (χ4v) is 3.98. The Morgan fingerprint density at radius 2 is 2.17 bits per heavy atom. The van der Waals surface area contributed by atoms with Gasteiger partial charge in [-0.2, -0.15) is 0 Å². The molecule has 4 rings (SSSR count). The fraction of sp³-hybridized carbons (Fsp3) is 0.500. The Kier molecular flexibility index (Phi) is 5.94. The van der Waals surface area contributed by atoms with Crippen LogP contribution in [0.4, 0.5) is 5.95 Å². The van der Waals surface area contributed by atoms with Gasteiger partial charge in [0.05, 0.1) is 18.9 Å². The summed E-state index contributed by atoms with van der Waals surface area (Å²) in [5, 5.41) is 3.11. The maximum atomic E-state index is 12.4. The summed E-state index contributed by atoms with van der Waals surface area (Å²) in [7, 11) is 0. The number of benzene rings is 1. The average molecular weight is 396 g/mol. The number of carbonyl (C=O) groups excluding carboxylic acids is 1. The van der Waals surface area contributed by atoms with Crippen LogP contribution in [0.2, 0.25) is 0 Å². The number of fused-ring (bicyclic) bond motifs is 1. The van der Waals surface area contributed by atoms with Gasteiger partial charge in [0.15, 0.2) is 6.61 Å². The normalized spacial score (nSPS) is 18.8. The highest BCUT2D eigenvalue weighted by atomic mass is 16.5. The minimum atomic E-state index is -0.0944. The first-order valence-corrected chi connectivity index (χ1v) is 10.3. The fourth-order valence-electron chi connectivity index (χ4n) is 3.98. The first kappa shape index (κ1) is 19.6. The molecule has 29 heavy (non-hydrogen) atoms. The van der Waals surface area contributed by atoms with Gasteiger partial charge >= 0.3 is 0 Å². The molecule has 0 spiro atoms. The lowest BCUT2D eigenvalue weighted by molar-refractivity contribution is -0.123. The molecule has 3 heterocycles. The van der Waals surface area contributed by atoms with E-state index in [2.05, 4.69) is 15.2 Å². The Balaban J connectivity index is 1.33. The van der Waals surface area contributed by atoms with Crippen molar-refractivity contribution in [3.8, 4) is 5.75 Å². The Labute approximate surface area is 171 Å². The van der Waals surface area contributed by atoms with Gasteiger partial charge in [0.1, 0.15) is 5.75 Å². The highest BCUT2D eigenvalue weighted by Crippen LogP contribution is 2.23. The lowest BCUT2D eigenvalue weighted by Crippen LogP contribution is -2.49. The predicted molar refractivity (Wildman–Crippen MR) is 110 cm³/mol. The second-order valence-electron chi connectivity index (χ2n) is 7.81. The number of carbonyl (C=O) groups is 1. The van der Waals surface area contributed by atoms with Crippen LogP contribution in [0.3, 0.4) is 0 Å². The summed E-state index contributed by atoms with van der Waals surface area (Å²) in [6.07, 6.45) is 4.64. The molecule has 0 bridgehead atoms. The zero-order valence-electron chi connectivity index (χ0n) is 17.1. The summed E-state index contributed by atoms with van der Waals surface area (Å²) in [6.45, 7) is 6.92. The second kappa shape index (κ2) is 8.78. The number of hydrogen-bond donors (Lipinski definition) is 1. The van der Waals surface area contributed by atoms with Crippen molar-refractivity contribution in [2.75, 3.05) is 31.2 Å². The lowest BCUT2D eigenvalue weighted by Gasteiger charge is -2.33. The predicted octanol–water partition coefficient (Wildman–Crippen LogP) is 2.33. The van der Waals surface area contributed by atoms with Crippen LogP contribution in [0.25, 0.3) is 0 Å². The summed E-state index contributed by atoms with van der Waals surface area (Å²) in [6, 6.07) is 6.04. The molecule has 0 radical (unpaired) electrons. The first-order valence-electron chi connectivity index (χ1n) is 10.3. The average Bonchev–Trinajstić information content (AvgIpc) is 2.73. The Hall–Kier alpha value is -2.67. The zero-order valence-corrected chi connectivity index (χ0v) is 17.1. The molecule has 1 atom stereocenters. The van der Waals surface area contributed by atoms with Gasteiger partial charge in [-0.25, -0.2) is 9.97 Å². The number of amides is 1. The van der Waals surface area contributed by atoms with Gasteiger partial charge in [0.25, 0.3) is 5.91 Å². The van der Waals surface area contributed by atoms with E-state index in [-0.39, 0.29) is 18.6 Å². The van der Waals surface area contributed by atoms with E-state index in [1.54, 1.807) is 0 Å². The molecule has 2 aliphatic heterocycles. The zero-order chi connectivity index (χ0) is 20.2. The van der Waals surface area contributed by atoms with E-state index in [0.717, 1.165) is 59.9 Å². The third kappa shape index (κ3) is 4.67. The van der Waals surface area contributed by atoms with Gasteiger partial charge < -0.3 is 19.7 Å². The van der Waals surface area contributed by atoms with Gasteiger partial charge in [-0.1, -0.05) is 18.2 Å². The molecule has 7 heteroatoms. The quantitative estimate of drug-likeness (QED) is 0.836. The van der Waals surface area contributed by atoms with Crippen molar-refractivity contribution in [3.63, 3.8) is 0 Å². The maximum absolute atomic E-state index is 12.4. The van der Waals surface area contributed by atoms with Crippen LogP contribution in [-0.2, 0) is 22.6 Å². The third-order valence-corrected chi connectivity index (χ3v) is 5.51. The number of para-hydroxylation sites is 1. The molecule has 7 nitrogen and oxygen atoms in total. The minimum absolute atomic E-state index is 0.0253. The van der Waals surface area contributed by atoms with Crippen LogP contribution in [0, 0.1) is 13.8 Å². The number of anilines is 1. The molecule has 2 aromatic rings. The lowest BCUT2D eigenvalue weighted by atomic mass is 10.1.